The second kappa shape index (κ2) is 6.27. The highest BCUT2D eigenvalue weighted by Crippen LogP contribution is 2.24. The van der Waals surface area contributed by atoms with Crippen molar-refractivity contribution in [3.63, 3.8) is 0 Å². The van der Waals surface area contributed by atoms with Gasteiger partial charge in [-0.05, 0) is 46.9 Å². The lowest BCUT2D eigenvalue weighted by Gasteiger charge is -2.13. The van der Waals surface area contributed by atoms with Gasteiger partial charge in [-0.25, -0.2) is 12.6 Å². The van der Waals surface area contributed by atoms with Crippen molar-refractivity contribution in [1.29, 1.82) is 0 Å². The Morgan fingerprint density at radius 3 is 2.19 bits per heavy atom. The lowest BCUT2D eigenvalue weighted by atomic mass is 10.2. The summed E-state index contributed by atoms with van der Waals surface area (Å²) in [6.07, 6.45) is 0. The molecule has 21 heavy (non-hydrogen) atoms. The fraction of sp³-hybridized carbons (Fsp3) is 0.143. The molecular formula is C14H14ClNO3S2. The number of aryl methyl sites for hydroxylation is 2. The highest BCUT2D eigenvalue weighted by atomic mass is 35.5. The molecule has 0 saturated heterocycles. The zero-order chi connectivity index (χ0) is 15.6. The van der Waals surface area contributed by atoms with E-state index in [0.29, 0.717) is 8.13 Å². The summed E-state index contributed by atoms with van der Waals surface area (Å²) in [6, 6.07) is 12.9. The van der Waals surface area contributed by atoms with Gasteiger partial charge in [0.25, 0.3) is 10.0 Å². The maximum atomic E-state index is 12.3. The molecule has 0 fully saturated rings. The molecule has 1 unspecified atom stereocenters. The van der Waals surface area contributed by atoms with Crippen LogP contribution in [0.5, 0.6) is 0 Å². The largest absolute Gasteiger partial charge is 0.268 e. The maximum absolute atomic E-state index is 12.3. The van der Waals surface area contributed by atoms with Crippen molar-refractivity contribution in [2.24, 2.45) is 0 Å². The van der Waals surface area contributed by atoms with E-state index in [2.05, 4.69) is 0 Å². The monoisotopic (exact) mass is 343 g/mol. The molecule has 0 aliphatic heterocycles. The Balaban J connectivity index is 2.36. The molecule has 0 amide bonds. The van der Waals surface area contributed by atoms with Gasteiger partial charge < -0.3 is 0 Å². The van der Waals surface area contributed by atoms with Crippen molar-refractivity contribution < 1.29 is 12.6 Å². The summed E-state index contributed by atoms with van der Waals surface area (Å²) in [4.78, 5) is 0.338. The van der Waals surface area contributed by atoms with Crippen LogP contribution in [0.1, 0.15) is 11.1 Å². The standard InChI is InChI=1S/C14H14ClNO3S2/c1-11-6-8-14(9-7-11)21(18,19)16(15)20(17)13-5-3-4-12(2)10-13/h3-10H,1-2H3. The van der Waals surface area contributed by atoms with Gasteiger partial charge in [0.1, 0.15) is 0 Å². The summed E-state index contributed by atoms with van der Waals surface area (Å²) >= 11 is 5.83. The fourth-order valence-electron chi connectivity index (χ4n) is 1.69. The van der Waals surface area contributed by atoms with E-state index in [0.717, 1.165) is 11.1 Å². The molecule has 0 N–H and O–H groups in total. The number of hydrogen-bond donors (Lipinski definition) is 0. The smallest absolute Gasteiger partial charge is 0.235 e. The van der Waals surface area contributed by atoms with Gasteiger partial charge in [0.2, 0.25) is 0 Å². The molecule has 0 saturated carbocycles. The van der Waals surface area contributed by atoms with E-state index < -0.39 is 21.0 Å². The average Bonchev–Trinajstić information content (AvgIpc) is 2.46. The van der Waals surface area contributed by atoms with Gasteiger partial charge >= 0.3 is 0 Å². The van der Waals surface area contributed by atoms with Crippen LogP contribution in [0.25, 0.3) is 0 Å². The third-order valence-electron chi connectivity index (χ3n) is 2.83. The lowest BCUT2D eigenvalue weighted by molar-refractivity contribution is 0.576. The lowest BCUT2D eigenvalue weighted by Crippen LogP contribution is -2.24. The van der Waals surface area contributed by atoms with Crippen LogP contribution in [0.15, 0.2) is 58.3 Å². The minimum absolute atomic E-state index is 0.00380. The summed E-state index contributed by atoms with van der Waals surface area (Å²) in [7, 11) is -6.02. The fourth-order valence-corrected chi connectivity index (χ4v) is 4.69. The first-order valence-corrected chi connectivity index (χ1v) is 8.97. The first-order chi connectivity index (χ1) is 9.82. The molecule has 2 rings (SSSR count). The van der Waals surface area contributed by atoms with Gasteiger partial charge in [-0.2, -0.15) is 0 Å². The van der Waals surface area contributed by atoms with Crippen molar-refractivity contribution in [2.45, 2.75) is 23.6 Å². The summed E-state index contributed by atoms with van der Waals surface area (Å²) in [5.41, 5.74) is 1.80. The molecule has 0 aliphatic rings. The third kappa shape index (κ3) is 3.52. The molecule has 2 aromatic rings. The van der Waals surface area contributed by atoms with Gasteiger partial charge in [-0.3, -0.25) is 0 Å². The first kappa shape index (κ1) is 16.2. The zero-order valence-corrected chi connectivity index (χ0v) is 13.9. The molecule has 0 aromatic heterocycles. The van der Waals surface area contributed by atoms with Gasteiger partial charge in [0, 0.05) is 11.8 Å². The first-order valence-electron chi connectivity index (χ1n) is 6.09. The summed E-state index contributed by atoms with van der Waals surface area (Å²) in [5.74, 6) is 0. The minimum Gasteiger partial charge on any atom is -0.235 e. The van der Waals surface area contributed by atoms with Crippen LogP contribution in [0.2, 0.25) is 0 Å². The second-order valence-electron chi connectivity index (χ2n) is 4.57. The summed E-state index contributed by atoms with van der Waals surface area (Å²) < 4.78 is 37.4. The van der Waals surface area contributed by atoms with Crippen LogP contribution in [0.3, 0.4) is 0 Å². The van der Waals surface area contributed by atoms with Crippen molar-refractivity contribution in [2.75, 3.05) is 0 Å². The predicted octanol–water partition coefficient (Wildman–Crippen LogP) is 3.17. The molecule has 2 aromatic carbocycles. The average molecular weight is 344 g/mol. The Hall–Kier alpha value is -1.21. The minimum atomic E-state index is -4.02. The van der Waals surface area contributed by atoms with E-state index in [9.17, 15) is 12.6 Å². The SMILES string of the molecule is Cc1ccc(S(=O)(=O)N(Cl)S(=O)c2cccc(C)c2)cc1. The predicted molar refractivity (Wildman–Crippen MR) is 83.6 cm³/mol. The van der Waals surface area contributed by atoms with Crippen LogP contribution >= 0.6 is 11.8 Å². The topological polar surface area (TPSA) is 54.5 Å². The molecule has 0 spiro atoms. The Morgan fingerprint density at radius 1 is 1.00 bits per heavy atom. The quantitative estimate of drug-likeness (QED) is 0.801. The number of nitrogens with zero attached hydrogens (tertiary/aromatic N) is 1. The van der Waals surface area contributed by atoms with Crippen molar-refractivity contribution in [1.82, 2.24) is 3.23 Å². The molecule has 0 heterocycles. The van der Waals surface area contributed by atoms with Gasteiger partial charge in [0.15, 0.2) is 11.0 Å². The van der Waals surface area contributed by atoms with Crippen LogP contribution in [-0.4, -0.2) is 15.9 Å². The number of hydrogen-bond acceptors (Lipinski definition) is 3. The van der Waals surface area contributed by atoms with E-state index >= 15 is 0 Å². The summed E-state index contributed by atoms with van der Waals surface area (Å²) in [5, 5.41) is 0. The number of rotatable bonds is 4. The Labute approximate surface area is 132 Å². The van der Waals surface area contributed by atoms with Gasteiger partial charge in [0.05, 0.1) is 9.79 Å². The molecule has 0 bridgehead atoms. The highest BCUT2D eigenvalue weighted by Gasteiger charge is 2.29. The number of halogens is 1. The van der Waals surface area contributed by atoms with Crippen LogP contribution < -0.4 is 0 Å². The van der Waals surface area contributed by atoms with E-state index in [1.165, 1.54) is 12.1 Å². The normalized spacial score (nSPS) is 13.3. The molecule has 0 aliphatic carbocycles. The molecule has 0 radical (unpaired) electrons. The van der Waals surface area contributed by atoms with Gasteiger partial charge in [-0.15, -0.1) is 0 Å². The van der Waals surface area contributed by atoms with Crippen molar-refractivity contribution in [3.8, 4) is 0 Å². The van der Waals surface area contributed by atoms with E-state index in [1.807, 2.05) is 19.9 Å². The van der Waals surface area contributed by atoms with Crippen LogP contribution in [0, 0.1) is 13.8 Å². The molecule has 7 heteroatoms. The van der Waals surface area contributed by atoms with E-state index in [1.54, 1.807) is 30.3 Å². The molecule has 1 atom stereocenters. The van der Waals surface area contributed by atoms with E-state index in [4.69, 9.17) is 11.8 Å². The Kier molecular flexibility index (Phi) is 4.83. The van der Waals surface area contributed by atoms with Crippen LogP contribution in [0.4, 0.5) is 0 Å². The van der Waals surface area contributed by atoms with Gasteiger partial charge in [-0.1, -0.05) is 29.8 Å². The van der Waals surface area contributed by atoms with Crippen molar-refractivity contribution in [3.05, 3.63) is 59.7 Å². The maximum Gasteiger partial charge on any atom is 0.268 e. The second-order valence-corrected chi connectivity index (χ2v) is 8.66. The number of sulfonamides is 1. The third-order valence-corrected chi connectivity index (χ3v) is 6.91. The molecule has 112 valence electrons. The molecule has 4 nitrogen and oxygen atoms in total. The van der Waals surface area contributed by atoms with E-state index in [-0.39, 0.29) is 4.90 Å². The Morgan fingerprint density at radius 2 is 1.62 bits per heavy atom. The highest BCUT2D eigenvalue weighted by molar-refractivity contribution is 8.02. The number of benzene rings is 2. The van der Waals surface area contributed by atoms with Crippen molar-refractivity contribution >= 4 is 32.8 Å². The zero-order valence-electron chi connectivity index (χ0n) is 11.5. The molecular weight excluding hydrogens is 330 g/mol. The van der Waals surface area contributed by atoms with Crippen LogP contribution in [-0.2, 0) is 21.0 Å². The Bertz CT molecular complexity index is 773. The summed E-state index contributed by atoms with van der Waals surface area (Å²) in [6.45, 7) is 3.67.